The molecule has 2 aromatic carbocycles. The Bertz CT molecular complexity index is 876. The highest BCUT2D eigenvalue weighted by Crippen LogP contribution is 2.43. The summed E-state index contributed by atoms with van der Waals surface area (Å²) in [4.78, 5) is 15.3. The number of benzene rings is 2. The molecule has 4 rings (SSSR count). The van der Waals surface area contributed by atoms with E-state index in [0.29, 0.717) is 18.9 Å². The summed E-state index contributed by atoms with van der Waals surface area (Å²) in [7, 11) is 0. The molecule has 1 fully saturated rings. The standard InChI is InChI=1S/C24H27N3O/c1-2-13-24(20-11-6-7-12-21(20)26-23(24)28)14-8-16-27-17-15-25-18-22(27)19-9-4-3-5-10-19/h2-12,16,22,25H,1,13-15,17-18H2,(H,26,28). The molecular weight excluding hydrogens is 346 g/mol. The third-order valence-electron chi connectivity index (χ3n) is 5.85. The predicted octanol–water partition coefficient (Wildman–Crippen LogP) is 4.00. The zero-order valence-electron chi connectivity index (χ0n) is 16.1. The minimum Gasteiger partial charge on any atom is -0.368 e. The number of fused-ring (bicyclic) bond motifs is 1. The first-order chi connectivity index (χ1) is 13.7. The number of carbonyl (C=O) groups is 1. The van der Waals surface area contributed by atoms with Crippen molar-refractivity contribution in [3.8, 4) is 0 Å². The lowest BCUT2D eigenvalue weighted by molar-refractivity contribution is -0.120. The number of allylic oxidation sites excluding steroid dienone is 2. The van der Waals surface area contributed by atoms with E-state index in [1.54, 1.807) is 0 Å². The Morgan fingerprint density at radius 2 is 1.89 bits per heavy atom. The van der Waals surface area contributed by atoms with Crippen LogP contribution in [0.5, 0.6) is 0 Å². The SMILES string of the molecule is C=CCC1(CC=CN2CCNCC2c2ccccc2)C(=O)Nc2ccccc21. The maximum absolute atomic E-state index is 12.9. The summed E-state index contributed by atoms with van der Waals surface area (Å²) >= 11 is 0. The van der Waals surface area contributed by atoms with Crippen molar-refractivity contribution in [3.63, 3.8) is 0 Å². The summed E-state index contributed by atoms with van der Waals surface area (Å²) in [6.45, 7) is 6.75. The Balaban J connectivity index is 1.57. The first-order valence-corrected chi connectivity index (χ1v) is 9.94. The first-order valence-electron chi connectivity index (χ1n) is 9.94. The molecule has 4 nitrogen and oxygen atoms in total. The molecule has 2 heterocycles. The number of hydrogen-bond donors (Lipinski definition) is 2. The van der Waals surface area contributed by atoms with E-state index in [2.05, 4.69) is 70.8 Å². The van der Waals surface area contributed by atoms with Gasteiger partial charge in [0.2, 0.25) is 5.91 Å². The van der Waals surface area contributed by atoms with Gasteiger partial charge in [0.15, 0.2) is 0 Å². The van der Waals surface area contributed by atoms with Gasteiger partial charge in [-0.2, -0.15) is 0 Å². The van der Waals surface area contributed by atoms with Crippen LogP contribution in [0, 0.1) is 0 Å². The van der Waals surface area contributed by atoms with Crippen molar-refractivity contribution in [1.82, 2.24) is 10.2 Å². The maximum atomic E-state index is 12.9. The quantitative estimate of drug-likeness (QED) is 0.752. The molecule has 2 unspecified atom stereocenters. The highest BCUT2D eigenvalue weighted by Gasteiger charge is 2.44. The summed E-state index contributed by atoms with van der Waals surface area (Å²) in [5.74, 6) is 0.0678. The van der Waals surface area contributed by atoms with Crippen molar-refractivity contribution in [3.05, 3.63) is 90.7 Å². The van der Waals surface area contributed by atoms with Crippen molar-refractivity contribution >= 4 is 11.6 Å². The summed E-state index contributed by atoms with van der Waals surface area (Å²) in [6.07, 6.45) is 7.48. The van der Waals surface area contributed by atoms with Crippen molar-refractivity contribution in [2.75, 3.05) is 25.0 Å². The predicted molar refractivity (Wildman–Crippen MR) is 114 cm³/mol. The van der Waals surface area contributed by atoms with Gasteiger partial charge in [0.05, 0.1) is 11.5 Å². The minimum atomic E-state index is -0.564. The fourth-order valence-corrected chi connectivity index (χ4v) is 4.38. The molecule has 0 aromatic heterocycles. The van der Waals surface area contributed by atoms with Gasteiger partial charge in [-0.15, -0.1) is 6.58 Å². The van der Waals surface area contributed by atoms with E-state index in [9.17, 15) is 4.79 Å². The van der Waals surface area contributed by atoms with E-state index in [1.165, 1.54) is 5.56 Å². The molecular formula is C24H27N3O. The molecule has 144 valence electrons. The molecule has 2 aliphatic heterocycles. The summed E-state index contributed by atoms with van der Waals surface area (Å²) in [5.41, 5.74) is 2.74. The summed E-state index contributed by atoms with van der Waals surface area (Å²) < 4.78 is 0. The third kappa shape index (κ3) is 3.36. The molecule has 2 aromatic rings. The van der Waals surface area contributed by atoms with Gasteiger partial charge in [-0.1, -0.05) is 60.7 Å². The number of nitrogens with one attached hydrogen (secondary N) is 2. The van der Waals surface area contributed by atoms with E-state index < -0.39 is 5.41 Å². The number of carbonyl (C=O) groups excluding carboxylic acids is 1. The molecule has 0 radical (unpaired) electrons. The lowest BCUT2D eigenvalue weighted by atomic mass is 9.76. The van der Waals surface area contributed by atoms with Crippen LogP contribution in [0.25, 0.3) is 0 Å². The number of amides is 1. The number of para-hydroxylation sites is 1. The second-order valence-electron chi connectivity index (χ2n) is 7.53. The maximum Gasteiger partial charge on any atom is 0.235 e. The van der Waals surface area contributed by atoms with Gasteiger partial charge >= 0.3 is 0 Å². The van der Waals surface area contributed by atoms with Crippen molar-refractivity contribution in [2.24, 2.45) is 0 Å². The fourth-order valence-electron chi connectivity index (χ4n) is 4.38. The molecule has 0 spiro atoms. The lowest BCUT2D eigenvalue weighted by Crippen LogP contribution is -2.43. The van der Waals surface area contributed by atoms with Gasteiger partial charge in [0.25, 0.3) is 0 Å². The van der Waals surface area contributed by atoms with E-state index in [0.717, 1.165) is 30.9 Å². The largest absolute Gasteiger partial charge is 0.368 e. The normalized spacial score (nSPS) is 24.2. The van der Waals surface area contributed by atoms with Crippen LogP contribution in [0.1, 0.15) is 30.0 Å². The van der Waals surface area contributed by atoms with Gasteiger partial charge in [0, 0.05) is 25.3 Å². The molecule has 1 saturated heterocycles. The Kier molecular flexibility index (Phi) is 5.31. The zero-order chi connectivity index (χ0) is 19.4. The smallest absolute Gasteiger partial charge is 0.235 e. The molecule has 1 amide bonds. The van der Waals surface area contributed by atoms with E-state index in [4.69, 9.17) is 0 Å². The Hall–Kier alpha value is -2.85. The number of nitrogens with zero attached hydrogens (tertiary/aromatic N) is 1. The first kappa shape index (κ1) is 18.5. The van der Waals surface area contributed by atoms with Gasteiger partial charge < -0.3 is 15.5 Å². The number of hydrogen-bond acceptors (Lipinski definition) is 3. The number of anilines is 1. The second-order valence-corrected chi connectivity index (χ2v) is 7.53. The monoisotopic (exact) mass is 373 g/mol. The van der Waals surface area contributed by atoms with Gasteiger partial charge in [-0.05, 0) is 36.2 Å². The molecule has 0 saturated carbocycles. The van der Waals surface area contributed by atoms with Gasteiger partial charge in [-0.25, -0.2) is 0 Å². The molecule has 4 heteroatoms. The minimum absolute atomic E-state index is 0.0678. The molecule has 0 bridgehead atoms. The highest BCUT2D eigenvalue weighted by atomic mass is 16.2. The van der Waals surface area contributed by atoms with Gasteiger partial charge in [0.1, 0.15) is 0 Å². The number of rotatable bonds is 6. The van der Waals surface area contributed by atoms with Crippen LogP contribution in [0.3, 0.4) is 0 Å². The van der Waals surface area contributed by atoms with Crippen LogP contribution >= 0.6 is 0 Å². The Morgan fingerprint density at radius 1 is 1.11 bits per heavy atom. The third-order valence-corrected chi connectivity index (χ3v) is 5.85. The summed E-state index contributed by atoms with van der Waals surface area (Å²) in [5, 5.41) is 6.54. The van der Waals surface area contributed by atoms with Crippen LogP contribution in [0.2, 0.25) is 0 Å². The lowest BCUT2D eigenvalue weighted by Gasteiger charge is -2.36. The van der Waals surface area contributed by atoms with E-state index >= 15 is 0 Å². The fraction of sp³-hybridized carbons (Fsp3) is 0.292. The average molecular weight is 374 g/mol. The van der Waals surface area contributed by atoms with Crippen LogP contribution in [-0.4, -0.2) is 30.4 Å². The zero-order valence-corrected chi connectivity index (χ0v) is 16.1. The van der Waals surface area contributed by atoms with Crippen LogP contribution in [0.4, 0.5) is 5.69 Å². The highest BCUT2D eigenvalue weighted by molar-refractivity contribution is 6.06. The van der Waals surface area contributed by atoms with Crippen LogP contribution in [0.15, 0.2) is 79.5 Å². The Labute approximate surface area is 166 Å². The number of piperazine rings is 1. The summed E-state index contributed by atoms with van der Waals surface area (Å²) in [6, 6.07) is 18.9. The van der Waals surface area contributed by atoms with Crippen molar-refractivity contribution in [1.29, 1.82) is 0 Å². The molecule has 2 atom stereocenters. The molecule has 2 aliphatic rings. The van der Waals surface area contributed by atoms with E-state index in [1.807, 2.05) is 24.3 Å². The topological polar surface area (TPSA) is 44.4 Å². The molecule has 28 heavy (non-hydrogen) atoms. The van der Waals surface area contributed by atoms with Gasteiger partial charge in [-0.3, -0.25) is 4.79 Å². The van der Waals surface area contributed by atoms with Crippen molar-refractivity contribution < 1.29 is 4.79 Å². The van der Waals surface area contributed by atoms with E-state index in [-0.39, 0.29) is 5.91 Å². The van der Waals surface area contributed by atoms with Crippen molar-refractivity contribution in [2.45, 2.75) is 24.3 Å². The Morgan fingerprint density at radius 3 is 2.71 bits per heavy atom. The van der Waals surface area contributed by atoms with Crippen LogP contribution in [-0.2, 0) is 10.2 Å². The molecule has 2 N–H and O–H groups in total. The second kappa shape index (κ2) is 8.03. The van der Waals surface area contributed by atoms with Crippen LogP contribution < -0.4 is 10.6 Å². The molecule has 0 aliphatic carbocycles. The average Bonchev–Trinajstić information content (AvgIpc) is 3.01.